The molecular weight excluding hydrogens is 398 g/mol. The van der Waals surface area contributed by atoms with Crippen LogP contribution in [0.1, 0.15) is 30.4 Å². The number of aromatic nitrogens is 4. The van der Waals surface area contributed by atoms with Gasteiger partial charge in [0.15, 0.2) is 9.84 Å². The molecule has 0 radical (unpaired) electrons. The second kappa shape index (κ2) is 7.47. The lowest BCUT2D eigenvalue weighted by molar-refractivity contribution is -0.130. The van der Waals surface area contributed by atoms with E-state index in [4.69, 9.17) is 0 Å². The minimum absolute atomic E-state index is 0.0372. The Hall–Kier alpha value is -1.94. The van der Waals surface area contributed by atoms with E-state index in [0.717, 1.165) is 29.7 Å². The van der Waals surface area contributed by atoms with E-state index >= 15 is 0 Å². The van der Waals surface area contributed by atoms with Gasteiger partial charge in [-0.2, -0.15) is 4.68 Å². The van der Waals surface area contributed by atoms with Gasteiger partial charge in [-0.3, -0.25) is 4.79 Å². The number of tetrazole rings is 1. The van der Waals surface area contributed by atoms with Crippen LogP contribution in [0, 0.1) is 13.8 Å². The maximum absolute atomic E-state index is 12.9. The molecule has 28 heavy (non-hydrogen) atoms. The zero-order chi connectivity index (χ0) is 19.9. The Morgan fingerprint density at radius 3 is 2.68 bits per heavy atom. The third-order valence-electron chi connectivity index (χ3n) is 5.18. The second-order valence-corrected chi connectivity index (χ2v) is 10.7. The maximum atomic E-state index is 12.9. The number of hydrogen-bond donors (Lipinski definition) is 0. The number of amides is 1. The molecule has 0 unspecified atom stereocenters. The summed E-state index contributed by atoms with van der Waals surface area (Å²) >= 11 is 1.29. The third-order valence-corrected chi connectivity index (χ3v) is 7.83. The molecule has 1 aromatic heterocycles. The first kappa shape index (κ1) is 19.4. The second-order valence-electron chi connectivity index (χ2n) is 7.54. The van der Waals surface area contributed by atoms with E-state index in [1.165, 1.54) is 11.8 Å². The van der Waals surface area contributed by atoms with Gasteiger partial charge in [0.2, 0.25) is 11.1 Å². The summed E-state index contributed by atoms with van der Waals surface area (Å²) in [6, 6.07) is 6.01. The molecule has 1 aromatic carbocycles. The van der Waals surface area contributed by atoms with Crippen molar-refractivity contribution in [3.63, 3.8) is 0 Å². The zero-order valence-corrected chi connectivity index (χ0v) is 17.5. The number of thioether (sulfide) groups is 1. The van der Waals surface area contributed by atoms with Crippen LogP contribution in [0.5, 0.6) is 0 Å². The fourth-order valence-corrected chi connectivity index (χ4v) is 6.18. The molecule has 1 saturated heterocycles. The van der Waals surface area contributed by atoms with Gasteiger partial charge >= 0.3 is 0 Å². The van der Waals surface area contributed by atoms with E-state index in [1.54, 1.807) is 4.68 Å². The smallest absolute Gasteiger partial charge is 0.233 e. The van der Waals surface area contributed by atoms with Crippen LogP contribution in [0.15, 0.2) is 23.4 Å². The van der Waals surface area contributed by atoms with Gasteiger partial charge in [0.05, 0.1) is 22.9 Å². The number of rotatable bonds is 6. The molecule has 150 valence electrons. The lowest BCUT2D eigenvalue weighted by Gasteiger charge is -2.28. The van der Waals surface area contributed by atoms with E-state index < -0.39 is 9.84 Å². The molecule has 8 nitrogen and oxygen atoms in total. The fraction of sp³-hybridized carbons (Fsp3) is 0.556. The van der Waals surface area contributed by atoms with Crippen LogP contribution in [0.25, 0.3) is 5.69 Å². The third kappa shape index (κ3) is 4.07. The lowest BCUT2D eigenvalue weighted by Crippen LogP contribution is -2.43. The van der Waals surface area contributed by atoms with E-state index in [-0.39, 0.29) is 35.2 Å². The van der Waals surface area contributed by atoms with Crippen molar-refractivity contribution >= 4 is 27.5 Å². The monoisotopic (exact) mass is 421 g/mol. The minimum Gasteiger partial charge on any atom is -0.335 e. The van der Waals surface area contributed by atoms with Gasteiger partial charge in [-0.25, -0.2) is 8.42 Å². The van der Waals surface area contributed by atoms with Gasteiger partial charge in [0.1, 0.15) is 0 Å². The van der Waals surface area contributed by atoms with Gasteiger partial charge in [0, 0.05) is 12.1 Å². The first-order valence-electron chi connectivity index (χ1n) is 9.34. The molecule has 0 spiro atoms. The van der Waals surface area contributed by atoms with Gasteiger partial charge < -0.3 is 4.90 Å². The van der Waals surface area contributed by atoms with Gasteiger partial charge in [0.25, 0.3) is 0 Å². The molecular formula is C18H23N5O3S2. The summed E-state index contributed by atoms with van der Waals surface area (Å²) in [7, 11) is -3.03. The van der Waals surface area contributed by atoms with Crippen LogP contribution in [0.3, 0.4) is 0 Å². The molecule has 1 aliphatic heterocycles. The van der Waals surface area contributed by atoms with Crippen molar-refractivity contribution < 1.29 is 13.2 Å². The summed E-state index contributed by atoms with van der Waals surface area (Å²) in [4.78, 5) is 14.7. The lowest BCUT2D eigenvalue weighted by atomic mass is 10.1. The maximum Gasteiger partial charge on any atom is 0.233 e. The summed E-state index contributed by atoms with van der Waals surface area (Å²) in [5, 5.41) is 12.5. The Bertz CT molecular complexity index is 1000. The highest BCUT2D eigenvalue weighted by Gasteiger charge is 2.42. The molecule has 0 N–H and O–H groups in total. The Kier molecular flexibility index (Phi) is 5.17. The summed E-state index contributed by atoms with van der Waals surface area (Å²) in [6.45, 7) is 4.03. The summed E-state index contributed by atoms with van der Waals surface area (Å²) in [5.74, 6) is 0.412. The topological polar surface area (TPSA) is 98.1 Å². The van der Waals surface area contributed by atoms with Gasteiger partial charge in [-0.05, 0) is 55.2 Å². The van der Waals surface area contributed by atoms with Crippen LogP contribution >= 0.6 is 11.8 Å². The molecule has 10 heteroatoms. The number of benzene rings is 1. The van der Waals surface area contributed by atoms with Crippen LogP contribution in [-0.2, 0) is 14.6 Å². The largest absolute Gasteiger partial charge is 0.335 e. The molecule has 2 fully saturated rings. The number of carbonyl (C=O) groups is 1. The first-order chi connectivity index (χ1) is 13.3. The summed E-state index contributed by atoms with van der Waals surface area (Å²) in [6.07, 6.45) is 2.44. The SMILES string of the molecule is Cc1ccc(-n2nnnc2SCC(=O)N(C2CC2)[C@@H]2CCS(=O)(=O)C2)c(C)c1. The average molecular weight is 422 g/mol. The molecule has 2 aliphatic rings. The van der Waals surface area contributed by atoms with Crippen molar-refractivity contribution in [1.82, 2.24) is 25.1 Å². The Labute approximate surface area is 168 Å². The Morgan fingerprint density at radius 2 is 2.04 bits per heavy atom. The Morgan fingerprint density at radius 1 is 1.25 bits per heavy atom. The summed E-state index contributed by atoms with van der Waals surface area (Å²) < 4.78 is 25.3. The number of hydrogen-bond acceptors (Lipinski definition) is 7. The van der Waals surface area contributed by atoms with E-state index in [1.807, 2.05) is 30.9 Å². The highest BCUT2D eigenvalue weighted by molar-refractivity contribution is 7.99. The number of carbonyl (C=O) groups excluding carboxylic acids is 1. The Balaban J connectivity index is 1.47. The zero-order valence-electron chi connectivity index (χ0n) is 15.9. The van der Waals surface area contributed by atoms with Crippen LogP contribution in [0.4, 0.5) is 0 Å². The molecule has 4 rings (SSSR count). The fourth-order valence-electron chi connectivity index (χ4n) is 3.72. The van der Waals surface area contributed by atoms with Crippen LogP contribution in [-0.4, -0.2) is 68.8 Å². The normalized spacial score (nSPS) is 21.0. The molecule has 0 bridgehead atoms. The van der Waals surface area contributed by atoms with Crippen molar-refractivity contribution in [3.05, 3.63) is 29.3 Å². The van der Waals surface area contributed by atoms with Crippen molar-refractivity contribution in [3.8, 4) is 5.69 Å². The molecule has 1 saturated carbocycles. The van der Waals surface area contributed by atoms with Crippen LogP contribution in [0.2, 0.25) is 0 Å². The quantitative estimate of drug-likeness (QED) is 0.653. The molecule has 1 atom stereocenters. The van der Waals surface area contributed by atoms with Crippen molar-refractivity contribution in [1.29, 1.82) is 0 Å². The highest BCUT2D eigenvalue weighted by Crippen LogP contribution is 2.33. The molecule has 2 heterocycles. The van der Waals surface area contributed by atoms with Crippen molar-refractivity contribution in [2.24, 2.45) is 0 Å². The van der Waals surface area contributed by atoms with E-state index in [2.05, 4.69) is 21.6 Å². The highest BCUT2D eigenvalue weighted by atomic mass is 32.2. The predicted octanol–water partition coefficient (Wildman–Crippen LogP) is 1.55. The number of nitrogens with zero attached hydrogens (tertiary/aromatic N) is 5. The van der Waals surface area contributed by atoms with Gasteiger partial charge in [-0.1, -0.05) is 29.5 Å². The predicted molar refractivity (Wildman–Crippen MR) is 106 cm³/mol. The average Bonchev–Trinajstić information content (AvgIpc) is 3.23. The minimum atomic E-state index is -3.03. The number of aryl methyl sites for hydroxylation is 2. The first-order valence-corrected chi connectivity index (χ1v) is 12.1. The molecule has 1 amide bonds. The molecule has 2 aromatic rings. The van der Waals surface area contributed by atoms with Crippen molar-refractivity contribution in [2.45, 2.75) is 50.4 Å². The molecule has 1 aliphatic carbocycles. The van der Waals surface area contributed by atoms with E-state index in [0.29, 0.717) is 11.6 Å². The van der Waals surface area contributed by atoms with Gasteiger partial charge in [-0.15, -0.1) is 5.10 Å². The van der Waals surface area contributed by atoms with Crippen molar-refractivity contribution in [2.75, 3.05) is 17.3 Å². The standard InChI is InChI=1S/C18H23N5O3S2/c1-12-3-6-16(13(2)9-12)23-18(19-20-21-23)27-10-17(24)22(14-4-5-14)15-7-8-28(25,26)11-15/h3,6,9,14-15H,4-5,7-8,10-11H2,1-2H3/t15-/m1/s1. The summed E-state index contributed by atoms with van der Waals surface area (Å²) in [5.41, 5.74) is 3.09. The van der Waals surface area contributed by atoms with E-state index in [9.17, 15) is 13.2 Å². The van der Waals surface area contributed by atoms with Crippen LogP contribution < -0.4 is 0 Å². The number of sulfone groups is 1.